The lowest BCUT2D eigenvalue weighted by molar-refractivity contribution is 0.660. The number of nitrogens with zero attached hydrogens (tertiary/aromatic N) is 2. The van der Waals surface area contributed by atoms with Crippen LogP contribution in [0, 0.1) is 0 Å². The zero-order valence-corrected chi connectivity index (χ0v) is 36.5. The van der Waals surface area contributed by atoms with E-state index < -0.39 is 0 Å². The average Bonchev–Trinajstić information content (AvgIpc) is 3.56. The molecule has 0 fully saturated rings. The lowest BCUT2D eigenvalue weighted by atomic mass is 9.43. The van der Waals surface area contributed by atoms with Crippen LogP contribution >= 0.6 is 0 Å². The predicted octanol–water partition coefficient (Wildman–Crippen LogP) is 14.7. The van der Waals surface area contributed by atoms with Crippen molar-refractivity contribution >= 4 is 46.2 Å². The van der Waals surface area contributed by atoms with Crippen LogP contribution in [0.15, 0.2) is 176 Å². The molecule has 11 rings (SSSR count). The van der Waals surface area contributed by atoms with Gasteiger partial charge in [0.15, 0.2) is 0 Å². The lowest BCUT2D eigenvalue weighted by Crippen LogP contribution is -2.61. The van der Waals surface area contributed by atoms with Crippen molar-refractivity contribution in [1.29, 1.82) is 0 Å². The number of aryl methyl sites for hydroxylation is 2. The van der Waals surface area contributed by atoms with E-state index in [4.69, 9.17) is 0 Å². The lowest BCUT2D eigenvalue weighted by Gasteiger charge is -2.47. The van der Waals surface area contributed by atoms with Crippen molar-refractivity contribution in [1.82, 2.24) is 0 Å². The van der Waals surface area contributed by atoms with E-state index in [-0.39, 0.29) is 12.3 Å². The molecule has 8 aromatic carbocycles. The molecule has 0 saturated heterocycles. The summed E-state index contributed by atoms with van der Waals surface area (Å²) in [5.74, 6) is 0. The summed E-state index contributed by atoms with van der Waals surface area (Å²) in [7, 11) is 0. The second kappa shape index (κ2) is 15.4. The maximum Gasteiger partial charge on any atom is 0.333 e. The molecular weight excluding hydrogens is 747 g/mol. The van der Waals surface area contributed by atoms with Crippen molar-refractivity contribution in [3.63, 3.8) is 0 Å². The van der Waals surface area contributed by atoms with Crippen molar-refractivity contribution in [2.75, 3.05) is 9.71 Å². The van der Waals surface area contributed by atoms with Crippen LogP contribution < -0.4 is 20.6 Å². The van der Waals surface area contributed by atoms with E-state index in [1.807, 2.05) is 0 Å². The molecule has 0 aromatic heterocycles. The van der Waals surface area contributed by atoms with Gasteiger partial charge in [-0.05, 0) is 129 Å². The van der Waals surface area contributed by atoms with Crippen LogP contribution in [0.1, 0.15) is 75.6 Å². The molecule has 0 radical (unpaired) electrons. The summed E-state index contributed by atoms with van der Waals surface area (Å²) in [4.78, 5) is 5.35. The van der Waals surface area contributed by atoms with E-state index in [1.54, 1.807) is 0 Å². The molecule has 0 N–H and O–H groups in total. The van der Waals surface area contributed by atoms with Crippen molar-refractivity contribution in [3.05, 3.63) is 198 Å². The Hall–Kier alpha value is -6.58. The summed E-state index contributed by atoms with van der Waals surface area (Å²) in [6.45, 7) is 9.33. The molecule has 0 unspecified atom stereocenters. The first-order chi connectivity index (χ1) is 30.5. The van der Waals surface area contributed by atoms with Crippen LogP contribution in [-0.2, 0) is 18.3 Å². The monoisotopic (exact) mass is 800 g/mol. The number of benzene rings is 8. The summed E-state index contributed by atoms with van der Waals surface area (Å²) < 4.78 is 0. The van der Waals surface area contributed by atoms with Gasteiger partial charge in [0, 0.05) is 39.2 Å². The summed E-state index contributed by atoms with van der Waals surface area (Å²) in [5, 5.41) is 0. The molecule has 0 spiro atoms. The van der Waals surface area contributed by atoms with Gasteiger partial charge < -0.3 is 9.71 Å². The third-order valence-electron chi connectivity index (χ3n) is 14.0. The van der Waals surface area contributed by atoms with Crippen LogP contribution in [0.2, 0.25) is 0 Å². The van der Waals surface area contributed by atoms with Gasteiger partial charge in [-0.25, -0.2) is 0 Å². The van der Waals surface area contributed by atoms with Crippen molar-refractivity contribution in [2.45, 2.75) is 71.6 Å². The van der Waals surface area contributed by atoms with E-state index in [1.165, 1.54) is 132 Å². The van der Waals surface area contributed by atoms with Gasteiger partial charge in [-0.2, -0.15) is 0 Å². The van der Waals surface area contributed by atoms with E-state index in [2.05, 4.69) is 213 Å². The number of anilines is 5. The van der Waals surface area contributed by atoms with Crippen LogP contribution in [0.25, 0.3) is 44.5 Å². The van der Waals surface area contributed by atoms with Gasteiger partial charge in [0.2, 0.25) is 0 Å². The molecule has 0 saturated carbocycles. The molecule has 0 atom stereocenters. The summed E-state index contributed by atoms with van der Waals surface area (Å²) in [5.41, 5.74) is 24.5. The SMILES string of the molecule is CCCCc1ccc(N2B3c4ccc5c(c4N(c4ccc(CCCC)cc4-c4ccccc4)c4cc(-c6ccccc6)cc(c43)-c3ccccc32)-c2ccccc2C5(C)C)cc1. The van der Waals surface area contributed by atoms with Gasteiger partial charge >= 0.3 is 6.85 Å². The molecule has 3 aliphatic rings. The smallest absolute Gasteiger partial charge is 0.333 e. The van der Waals surface area contributed by atoms with Gasteiger partial charge in [-0.1, -0.05) is 174 Å². The molecule has 0 bridgehead atoms. The van der Waals surface area contributed by atoms with Crippen molar-refractivity contribution in [2.24, 2.45) is 0 Å². The molecule has 1 aliphatic carbocycles. The summed E-state index contributed by atoms with van der Waals surface area (Å²) in [6.07, 6.45) is 6.90. The highest BCUT2D eigenvalue weighted by Gasteiger charge is 2.49. The number of hydrogen-bond donors (Lipinski definition) is 0. The molecular formula is C59H53BN2. The molecule has 3 heteroatoms. The maximum atomic E-state index is 2.69. The largest absolute Gasteiger partial charge is 0.376 e. The van der Waals surface area contributed by atoms with Crippen molar-refractivity contribution < 1.29 is 0 Å². The molecule has 8 aromatic rings. The fourth-order valence-corrected chi connectivity index (χ4v) is 10.9. The third-order valence-corrected chi connectivity index (χ3v) is 14.0. The van der Waals surface area contributed by atoms with E-state index in [9.17, 15) is 0 Å². The number of para-hydroxylation sites is 1. The molecule has 2 nitrogen and oxygen atoms in total. The minimum atomic E-state index is -0.163. The second-order valence-electron chi connectivity index (χ2n) is 18.1. The highest BCUT2D eigenvalue weighted by atomic mass is 15.2. The highest BCUT2D eigenvalue weighted by molar-refractivity contribution is 6.93. The maximum absolute atomic E-state index is 2.69. The van der Waals surface area contributed by atoms with Crippen molar-refractivity contribution in [3.8, 4) is 44.5 Å². The fourth-order valence-electron chi connectivity index (χ4n) is 10.9. The Morgan fingerprint density at radius 3 is 1.85 bits per heavy atom. The number of fused-ring (bicyclic) bond motifs is 8. The van der Waals surface area contributed by atoms with Gasteiger partial charge in [0.1, 0.15) is 0 Å². The fraction of sp³-hybridized carbons (Fsp3) is 0.186. The molecule has 2 heterocycles. The Morgan fingerprint density at radius 2 is 1.11 bits per heavy atom. The molecule has 62 heavy (non-hydrogen) atoms. The summed E-state index contributed by atoms with van der Waals surface area (Å²) in [6, 6.07) is 67.2. The minimum absolute atomic E-state index is 0.0716. The Labute approximate surface area is 368 Å². The molecule has 2 aliphatic heterocycles. The number of rotatable bonds is 10. The first-order valence-electron chi connectivity index (χ1n) is 22.9. The second-order valence-corrected chi connectivity index (χ2v) is 18.1. The van der Waals surface area contributed by atoms with Gasteiger partial charge in [-0.15, -0.1) is 0 Å². The van der Waals surface area contributed by atoms with Gasteiger partial charge in [0.25, 0.3) is 0 Å². The highest BCUT2D eigenvalue weighted by Crippen LogP contribution is 2.57. The Kier molecular flexibility index (Phi) is 9.53. The van der Waals surface area contributed by atoms with Crippen LogP contribution in [0.3, 0.4) is 0 Å². The van der Waals surface area contributed by atoms with Gasteiger partial charge in [-0.3, -0.25) is 0 Å². The standard InChI is InChI=1S/C59H53BN2/c1-5-7-19-40-29-32-45(33-30-40)62-54-28-18-16-25-46(54)49-38-44(42-21-11-9-12-22-42)39-55-57(49)60(62)52-35-34-51-56(47-26-15-17-27-50(47)59(51,3)4)58(52)61(55)53-36-31-41(20-8-6-2)37-48(53)43-23-13-10-14-24-43/h9-18,21-39H,5-8,19-20H2,1-4H3. The van der Waals surface area contributed by atoms with Crippen LogP contribution in [-0.4, -0.2) is 6.85 Å². The minimum Gasteiger partial charge on any atom is -0.376 e. The summed E-state index contributed by atoms with van der Waals surface area (Å²) >= 11 is 0. The average molecular weight is 801 g/mol. The normalized spacial score (nSPS) is 13.9. The predicted molar refractivity (Wildman–Crippen MR) is 266 cm³/mol. The Bertz CT molecular complexity index is 2970. The van der Waals surface area contributed by atoms with E-state index in [0.717, 1.165) is 12.8 Å². The first kappa shape index (κ1) is 38.4. The van der Waals surface area contributed by atoms with Crippen LogP contribution in [0.4, 0.5) is 28.4 Å². The topological polar surface area (TPSA) is 6.48 Å². The van der Waals surface area contributed by atoms with E-state index >= 15 is 0 Å². The molecule has 302 valence electrons. The molecule has 0 amide bonds. The quantitative estimate of drug-likeness (QED) is 0.127. The van der Waals surface area contributed by atoms with Crippen LogP contribution in [0.5, 0.6) is 0 Å². The zero-order chi connectivity index (χ0) is 42.0. The van der Waals surface area contributed by atoms with E-state index in [0.29, 0.717) is 0 Å². The Morgan fingerprint density at radius 1 is 0.468 bits per heavy atom. The number of hydrogen-bond acceptors (Lipinski definition) is 2. The van der Waals surface area contributed by atoms with Gasteiger partial charge in [0.05, 0.1) is 11.4 Å². The first-order valence-corrected chi connectivity index (χ1v) is 22.9. The third kappa shape index (κ3) is 6.08. The zero-order valence-electron chi connectivity index (χ0n) is 36.5. The number of unbranched alkanes of at least 4 members (excludes halogenated alkanes) is 2. The Balaban J connectivity index is 1.28.